The molecule has 1 atom stereocenters. The van der Waals surface area contributed by atoms with E-state index >= 15 is 0 Å². The largest absolute Gasteiger partial charge is 0.450 e. The Labute approximate surface area is 172 Å². The second-order valence-corrected chi connectivity index (χ2v) is 9.96. The first-order valence-electron chi connectivity index (χ1n) is 9.96. The molecule has 0 aromatic heterocycles. The number of hydrogen-bond donors (Lipinski definition) is 1. The second kappa shape index (κ2) is 8.28. The molecule has 1 aromatic carbocycles. The predicted molar refractivity (Wildman–Crippen MR) is 110 cm³/mol. The van der Waals surface area contributed by atoms with E-state index in [2.05, 4.69) is 5.32 Å². The van der Waals surface area contributed by atoms with Crippen LogP contribution in [-0.4, -0.2) is 55.6 Å². The quantitative estimate of drug-likeness (QED) is 0.710. The van der Waals surface area contributed by atoms with Gasteiger partial charge >= 0.3 is 5.97 Å². The molecule has 1 aromatic rings. The van der Waals surface area contributed by atoms with Gasteiger partial charge in [0.25, 0.3) is 5.91 Å². The number of hydrogen-bond acceptors (Lipinski definition) is 5. The van der Waals surface area contributed by atoms with Gasteiger partial charge in [0.2, 0.25) is 10.0 Å². The zero-order chi connectivity index (χ0) is 21.2. The summed E-state index contributed by atoms with van der Waals surface area (Å²) >= 11 is 0. The van der Waals surface area contributed by atoms with Crippen LogP contribution in [0.4, 0.5) is 0 Å². The summed E-state index contributed by atoms with van der Waals surface area (Å²) in [6, 6.07) is 9.87. The highest BCUT2D eigenvalue weighted by molar-refractivity contribution is 7.89. The Morgan fingerprint density at radius 3 is 2.45 bits per heavy atom. The van der Waals surface area contributed by atoms with E-state index in [-0.39, 0.29) is 43.5 Å². The number of carbonyl (C=O) groups excluding carboxylic acids is 2. The third-order valence-corrected chi connectivity index (χ3v) is 7.76. The molecule has 1 N–H and O–H groups in total. The van der Waals surface area contributed by atoms with Crippen molar-refractivity contribution in [2.45, 2.75) is 45.1 Å². The van der Waals surface area contributed by atoms with Crippen molar-refractivity contribution in [1.82, 2.24) is 9.62 Å². The van der Waals surface area contributed by atoms with Crippen LogP contribution in [0.1, 0.15) is 45.1 Å². The van der Waals surface area contributed by atoms with Crippen molar-refractivity contribution >= 4 is 21.9 Å². The van der Waals surface area contributed by atoms with Gasteiger partial charge in [0.15, 0.2) is 0 Å². The summed E-state index contributed by atoms with van der Waals surface area (Å²) in [5.41, 5.74) is 0.726. The van der Waals surface area contributed by atoms with Crippen LogP contribution < -0.4 is 5.32 Å². The number of ether oxygens (including phenoxy) is 1. The zero-order valence-corrected chi connectivity index (χ0v) is 17.9. The first-order chi connectivity index (χ1) is 13.7. The maximum atomic E-state index is 13.0. The number of carbonyl (C=O) groups is 2. The van der Waals surface area contributed by atoms with Gasteiger partial charge < -0.3 is 10.1 Å². The SMILES string of the molecule is CCS(=O)(=O)N1CCC2(CC1)OC(=O)C(C)=C2C(=O)NC[C@H](C)c1ccccc1. The van der Waals surface area contributed by atoms with Gasteiger partial charge in [-0.1, -0.05) is 37.3 Å². The molecule has 2 aliphatic heterocycles. The fraction of sp³-hybridized carbons (Fsp3) is 0.524. The van der Waals surface area contributed by atoms with E-state index in [1.807, 2.05) is 37.3 Å². The molecular weight excluding hydrogens is 392 g/mol. The van der Waals surface area contributed by atoms with Gasteiger partial charge in [0, 0.05) is 38.0 Å². The van der Waals surface area contributed by atoms with Crippen LogP contribution in [0.2, 0.25) is 0 Å². The van der Waals surface area contributed by atoms with Gasteiger partial charge in [-0.25, -0.2) is 17.5 Å². The topological polar surface area (TPSA) is 92.8 Å². The third-order valence-electron chi connectivity index (χ3n) is 5.88. The molecule has 2 heterocycles. The molecule has 1 amide bonds. The average molecular weight is 421 g/mol. The molecule has 8 heteroatoms. The van der Waals surface area contributed by atoms with Gasteiger partial charge in [-0.15, -0.1) is 0 Å². The molecule has 1 saturated heterocycles. The second-order valence-electron chi connectivity index (χ2n) is 7.71. The summed E-state index contributed by atoms with van der Waals surface area (Å²) in [7, 11) is -3.31. The normalized spacial score (nSPS) is 20.6. The van der Waals surface area contributed by atoms with E-state index in [4.69, 9.17) is 4.74 Å². The average Bonchev–Trinajstić information content (AvgIpc) is 2.96. The van der Waals surface area contributed by atoms with Crippen molar-refractivity contribution in [2.75, 3.05) is 25.4 Å². The summed E-state index contributed by atoms with van der Waals surface area (Å²) in [5, 5.41) is 2.94. The molecule has 0 unspecified atom stereocenters. The minimum absolute atomic E-state index is 0.0272. The lowest BCUT2D eigenvalue weighted by molar-refractivity contribution is -0.150. The lowest BCUT2D eigenvalue weighted by Crippen LogP contribution is -2.50. The smallest absolute Gasteiger partial charge is 0.335 e. The van der Waals surface area contributed by atoms with Gasteiger partial charge in [0.1, 0.15) is 5.60 Å². The van der Waals surface area contributed by atoms with E-state index in [0.29, 0.717) is 17.7 Å². The predicted octanol–water partition coefficient (Wildman–Crippen LogP) is 1.96. The van der Waals surface area contributed by atoms with Crippen molar-refractivity contribution in [3.8, 4) is 0 Å². The first kappa shape index (κ1) is 21.5. The van der Waals surface area contributed by atoms with Crippen LogP contribution in [0.3, 0.4) is 0 Å². The van der Waals surface area contributed by atoms with E-state index < -0.39 is 21.6 Å². The molecule has 29 heavy (non-hydrogen) atoms. The molecule has 0 bridgehead atoms. The highest BCUT2D eigenvalue weighted by Crippen LogP contribution is 2.41. The van der Waals surface area contributed by atoms with Gasteiger partial charge in [-0.05, 0) is 25.3 Å². The Kier molecular flexibility index (Phi) is 6.14. The number of nitrogens with zero attached hydrogens (tertiary/aromatic N) is 1. The molecule has 2 aliphatic rings. The van der Waals surface area contributed by atoms with Crippen LogP contribution in [0.25, 0.3) is 0 Å². The molecule has 1 fully saturated rings. The summed E-state index contributed by atoms with van der Waals surface area (Å²) in [4.78, 5) is 25.3. The Morgan fingerprint density at radius 1 is 1.24 bits per heavy atom. The monoisotopic (exact) mass is 420 g/mol. The first-order valence-corrected chi connectivity index (χ1v) is 11.6. The molecule has 0 aliphatic carbocycles. The van der Waals surface area contributed by atoms with Gasteiger partial charge in [-0.3, -0.25) is 4.79 Å². The molecule has 7 nitrogen and oxygen atoms in total. The van der Waals surface area contributed by atoms with Crippen molar-refractivity contribution in [3.05, 3.63) is 47.0 Å². The summed E-state index contributed by atoms with van der Waals surface area (Å²) in [6.45, 7) is 6.12. The lowest BCUT2D eigenvalue weighted by atomic mass is 9.83. The van der Waals surface area contributed by atoms with Gasteiger partial charge in [0.05, 0.1) is 11.3 Å². The van der Waals surface area contributed by atoms with Crippen molar-refractivity contribution in [3.63, 3.8) is 0 Å². The number of rotatable bonds is 6. The van der Waals surface area contributed by atoms with Crippen molar-refractivity contribution in [2.24, 2.45) is 0 Å². The minimum Gasteiger partial charge on any atom is -0.450 e. The number of esters is 1. The molecule has 0 saturated carbocycles. The highest BCUT2D eigenvalue weighted by atomic mass is 32.2. The lowest BCUT2D eigenvalue weighted by Gasteiger charge is -2.38. The van der Waals surface area contributed by atoms with Crippen molar-refractivity contribution < 1.29 is 22.7 Å². The van der Waals surface area contributed by atoms with E-state index in [1.165, 1.54) is 4.31 Å². The van der Waals surface area contributed by atoms with Crippen LogP contribution in [0, 0.1) is 0 Å². The number of sulfonamides is 1. The van der Waals surface area contributed by atoms with E-state index in [9.17, 15) is 18.0 Å². The maximum absolute atomic E-state index is 13.0. The van der Waals surface area contributed by atoms with Crippen molar-refractivity contribution in [1.29, 1.82) is 0 Å². The third kappa shape index (κ3) is 4.23. The van der Waals surface area contributed by atoms with Crippen LogP contribution >= 0.6 is 0 Å². The Hall–Kier alpha value is -2.19. The molecule has 1 spiro atoms. The highest BCUT2D eigenvalue weighted by Gasteiger charge is 2.51. The number of nitrogens with one attached hydrogen (secondary N) is 1. The molecule has 3 rings (SSSR count). The van der Waals surface area contributed by atoms with Crippen LogP contribution in [0.15, 0.2) is 41.5 Å². The fourth-order valence-electron chi connectivity index (χ4n) is 4.02. The summed E-state index contributed by atoms with van der Waals surface area (Å²) in [5.74, 6) is -0.674. The van der Waals surface area contributed by atoms with Crippen LogP contribution in [0.5, 0.6) is 0 Å². The number of benzene rings is 1. The zero-order valence-electron chi connectivity index (χ0n) is 17.1. The molecule has 158 valence electrons. The summed E-state index contributed by atoms with van der Waals surface area (Å²) in [6.07, 6.45) is 0.568. The van der Waals surface area contributed by atoms with E-state index in [0.717, 1.165) is 5.56 Å². The Balaban J connectivity index is 1.73. The Morgan fingerprint density at radius 2 is 1.86 bits per heavy atom. The van der Waals surface area contributed by atoms with E-state index in [1.54, 1.807) is 13.8 Å². The molecular formula is C21H28N2O5S. The van der Waals surface area contributed by atoms with Gasteiger partial charge in [-0.2, -0.15) is 0 Å². The number of amides is 1. The molecule has 0 radical (unpaired) electrons. The Bertz CT molecular complexity index is 916. The minimum atomic E-state index is -3.31. The van der Waals surface area contributed by atoms with Crippen LogP contribution in [-0.2, 0) is 24.3 Å². The fourth-order valence-corrected chi connectivity index (χ4v) is 5.12. The summed E-state index contributed by atoms with van der Waals surface area (Å²) < 4.78 is 31.3. The number of piperidine rings is 1. The standard InChI is InChI=1S/C21H28N2O5S/c1-4-29(26,27)23-12-10-21(11-13-23)18(16(3)20(25)28-21)19(24)22-14-15(2)17-8-6-5-7-9-17/h5-9,15H,4,10-14H2,1-3H3,(H,22,24)/t15-/m0/s1. The maximum Gasteiger partial charge on any atom is 0.335 e.